The van der Waals surface area contributed by atoms with Gasteiger partial charge in [0.1, 0.15) is 0 Å². The molecule has 2 nitrogen and oxygen atoms in total. The fourth-order valence-electron chi connectivity index (χ4n) is 3.02. The summed E-state index contributed by atoms with van der Waals surface area (Å²) in [4.78, 5) is 14.9. The average molecular weight is 350 g/mol. The Morgan fingerprint density at radius 1 is 0.955 bits per heavy atom. The van der Waals surface area contributed by atoms with Gasteiger partial charge in [-0.05, 0) is 22.9 Å². The van der Waals surface area contributed by atoms with E-state index in [9.17, 15) is 4.79 Å². The number of carbonyl (C=O) groups excluding carboxylic acids is 1. The van der Waals surface area contributed by atoms with Crippen molar-refractivity contribution in [3.8, 4) is 11.1 Å². The molecule has 0 aliphatic carbocycles. The molecular weight excluding hydrogens is 338 g/mol. The predicted octanol–water partition coefficient (Wildman–Crippen LogP) is 5.56. The number of hydrogen-bond donors (Lipinski definition) is 1. The molecule has 0 aliphatic heterocycles. The third-order valence-corrected chi connectivity index (χ3v) is 4.67. The van der Waals surface area contributed by atoms with Gasteiger partial charge < -0.3 is 4.98 Å². The summed E-state index contributed by atoms with van der Waals surface area (Å²) in [5, 5.41) is 3.32. The first kappa shape index (κ1) is 13.3. The molecule has 3 aromatic carbocycles. The molecule has 106 valence electrons. The summed E-state index contributed by atoms with van der Waals surface area (Å²) >= 11 is 3.63. The van der Waals surface area contributed by atoms with Crippen LogP contribution in [0.4, 0.5) is 0 Å². The van der Waals surface area contributed by atoms with Crippen LogP contribution in [-0.4, -0.2) is 11.3 Å². The number of aromatic nitrogens is 1. The lowest BCUT2D eigenvalue weighted by Crippen LogP contribution is -1.89. The van der Waals surface area contributed by atoms with Gasteiger partial charge in [0.05, 0.1) is 0 Å². The Morgan fingerprint density at radius 2 is 1.82 bits per heavy atom. The van der Waals surface area contributed by atoms with Crippen molar-refractivity contribution >= 4 is 43.9 Å². The quantitative estimate of drug-likeness (QED) is 0.472. The highest BCUT2D eigenvalue weighted by Gasteiger charge is 2.15. The number of nitrogens with one attached hydrogen (secondary N) is 1. The summed E-state index contributed by atoms with van der Waals surface area (Å²) in [7, 11) is 0. The zero-order valence-electron chi connectivity index (χ0n) is 11.6. The van der Waals surface area contributed by atoms with Gasteiger partial charge in [-0.2, -0.15) is 0 Å². The van der Waals surface area contributed by atoms with Crippen LogP contribution in [0.25, 0.3) is 32.8 Å². The van der Waals surface area contributed by atoms with E-state index in [0.717, 1.165) is 43.6 Å². The van der Waals surface area contributed by atoms with E-state index in [1.807, 2.05) is 48.7 Å². The van der Waals surface area contributed by atoms with Crippen LogP contribution < -0.4 is 0 Å². The van der Waals surface area contributed by atoms with E-state index in [-0.39, 0.29) is 0 Å². The fourth-order valence-corrected chi connectivity index (χ4v) is 3.60. The highest BCUT2D eigenvalue weighted by molar-refractivity contribution is 9.10. The van der Waals surface area contributed by atoms with Crippen molar-refractivity contribution in [3.05, 3.63) is 70.8 Å². The second-order valence-electron chi connectivity index (χ2n) is 5.23. The van der Waals surface area contributed by atoms with E-state index in [4.69, 9.17) is 0 Å². The molecule has 4 aromatic rings. The van der Waals surface area contributed by atoms with Crippen molar-refractivity contribution in [2.45, 2.75) is 0 Å². The van der Waals surface area contributed by atoms with Gasteiger partial charge in [0, 0.05) is 38.3 Å². The van der Waals surface area contributed by atoms with Crippen LogP contribution >= 0.6 is 15.9 Å². The molecule has 1 aromatic heterocycles. The van der Waals surface area contributed by atoms with E-state index >= 15 is 0 Å². The summed E-state index contributed by atoms with van der Waals surface area (Å²) in [6, 6.07) is 18.1. The van der Waals surface area contributed by atoms with E-state index in [2.05, 4.69) is 33.0 Å². The lowest BCUT2D eigenvalue weighted by atomic mass is 9.93. The van der Waals surface area contributed by atoms with Crippen LogP contribution in [0.5, 0.6) is 0 Å². The lowest BCUT2D eigenvalue weighted by molar-refractivity contribution is 0.112. The number of rotatable bonds is 2. The molecule has 0 unspecified atom stereocenters. The Morgan fingerprint density at radius 3 is 2.68 bits per heavy atom. The molecule has 0 amide bonds. The molecule has 0 saturated carbocycles. The molecule has 4 rings (SSSR count). The van der Waals surface area contributed by atoms with Crippen molar-refractivity contribution in [3.63, 3.8) is 0 Å². The van der Waals surface area contributed by atoms with Crippen molar-refractivity contribution in [1.29, 1.82) is 0 Å². The van der Waals surface area contributed by atoms with Gasteiger partial charge in [0.2, 0.25) is 0 Å². The first-order valence-corrected chi connectivity index (χ1v) is 7.82. The number of aromatic amines is 1. The summed E-state index contributed by atoms with van der Waals surface area (Å²) < 4.78 is 1.02. The molecule has 0 atom stereocenters. The summed E-state index contributed by atoms with van der Waals surface area (Å²) in [6.45, 7) is 0. The summed E-state index contributed by atoms with van der Waals surface area (Å²) in [6.07, 6.45) is 2.90. The van der Waals surface area contributed by atoms with Gasteiger partial charge in [-0.1, -0.05) is 58.4 Å². The maximum absolute atomic E-state index is 11.6. The summed E-state index contributed by atoms with van der Waals surface area (Å²) in [5.41, 5.74) is 3.78. The third-order valence-electron chi connectivity index (χ3n) is 4.01. The number of hydrogen-bond acceptors (Lipinski definition) is 1. The zero-order valence-corrected chi connectivity index (χ0v) is 13.2. The predicted molar refractivity (Wildman–Crippen MR) is 94.3 cm³/mol. The van der Waals surface area contributed by atoms with Gasteiger partial charge in [-0.15, -0.1) is 0 Å². The van der Waals surface area contributed by atoms with Crippen LogP contribution in [0, 0.1) is 0 Å². The third kappa shape index (κ3) is 1.90. The Kier molecular flexibility index (Phi) is 3.09. The number of fused-ring (bicyclic) bond motifs is 2. The second kappa shape index (κ2) is 5.11. The molecule has 0 saturated heterocycles. The molecule has 0 aliphatic rings. The molecule has 1 heterocycles. The average Bonchev–Trinajstić information content (AvgIpc) is 2.99. The topological polar surface area (TPSA) is 32.9 Å². The van der Waals surface area contributed by atoms with Crippen LogP contribution in [-0.2, 0) is 0 Å². The van der Waals surface area contributed by atoms with Gasteiger partial charge in [0.25, 0.3) is 0 Å². The standard InChI is InChI=1S/C19H12BrNO/c20-16-6-3-7-17-19(16)15(10-21-17)18-13(11-22)9-8-12-4-1-2-5-14(12)18/h1-11,21H. The Labute approximate surface area is 135 Å². The molecular formula is C19H12BrNO. The van der Waals surface area contributed by atoms with Crippen LogP contribution in [0.1, 0.15) is 10.4 Å². The van der Waals surface area contributed by atoms with Crippen molar-refractivity contribution in [1.82, 2.24) is 4.98 Å². The van der Waals surface area contributed by atoms with Crippen molar-refractivity contribution < 1.29 is 4.79 Å². The van der Waals surface area contributed by atoms with Gasteiger partial charge in [-0.25, -0.2) is 0 Å². The minimum Gasteiger partial charge on any atom is -0.361 e. The van der Waals surface area contributed by atoms with Gasteiger partial charge in [0.15, 0.2) is 6.29 Å². The first-order chi connectivity index (χ1) is 10.8. The van der Waals surface area contributed by atoms with E-state index in [1.165, 1.54) is 0 Å². The number of carbonyl (C=O) groups is 1. The number of benzene rings is 3. The van der Waals surface area contributed by atoms with E-state index in [1.54, 1.807) is 0 Å². The van der Waals surface area contributed by atoms with Crippen LogP contribution in [0.15, 0.2) is 65.3 Å². The maximum atomic E-state index is 11.6. The molecule has 0 radical (unpaired) electrons. The Balaban J connectivity index is 2.18. The smallest absolute Gasteiger partial charge is 0.150 e. The molecule has 3 heteroatoms. The maximum Gasteiger partial charge on any atom is 0.150 e. The highest BCUT2D eigenvalue weighted by atomic mass is 79.9. The second-order valence-corrected chi connectivity index (χ2v) is 6.09. The molecule has 0 spiro atoms. The number of halogens is 1. The minimum absolute atomic E-state index is 0.704. The molecule has 1 N–H and O–H groups in total. The monoisotopic (exact) mass is 349 g/mol. The largest absolute Gasteiger partial charge is 0.361 e. The zero-order chi connectivity index (χ0) is 15.1. The van der Waals surface area contributed by atoms with E-state index < -0.39 is 0 Å². The van der Waals surface area contributed by atoms with Gasteiger partial charge in [-0.3, -0.25) is 4.79 Å². The normalized spacial score (nSPS) is 11.1. The molecule has 0 bridgehead atoms. The number of H-pyrrole nitrogens is 1. The van der Waals surface area contributed by atoms with E-state index in [0.29, 0.717) is 5.56 Å². The SMILES string of the molecule is O=Cc1ccc2ccccc2c1-c1c[nH]c2cccc(Br)c12. The number of aldehydes is 1. The van der Waals surface area contributed by atoms with Gasteiger partial charge >= 0.3 is 0 Å². The first-order valence-electron chi connectivity index (χ1n) is 7.02. The van der Waals surface area contributed by atoms with Crippen LogP contribution in [0.3, 0.4) is 0 Å². The minimum atomic E-state index is 0.704. The Bertz CT molecular complexity index is 1020. The Hall–Kier alpha value is -2.39. The van der Waals surface area contributed by atoms with Crippen molar-refractivity contribution in [2.24, 2.45) is 0 Å². The van der Waals surface area contributed by atoms with Crippen molar-refractivity contribution in [2.75, 3.05) is 0 Å². The summed E-state index contributed by atoms with van der Waals surface area (Å²) in [5.74, 6) is 0. The van der Waals surface area contributed by atoms with Crippen LogP contribution in [0.2, 0.25) is 0 Å². The molecule has 22 heavy (non-hydrogen) atoms. The highest BCUT2D eigenvalue weighted by Crippen LogP contribution is 2.38. The molecule has 0 fully saturated rings. The lowest BCUT2D eigenvalue weighted by Gasteiger charge is -2.09. The fraction of sp³-hybridized carbons (Fsp3) is 0.